The van der Waals surface area contributed by atoms with Crippen LogP contribution >= 0.6 is 0 Å². The van der Waals surface area contributed by atoms with E-state index in [2.05, 4.69) is 10.3 Å². The van der Waals surface area contributed by atoms with E-state index in [0.717, 1.165) is 11.8 Å². The summed E-state index contributed by atoms with van der Waals surface area (Å²) in [6, 6.07) is 8.70. The fourth-order valence-electron chi connectivity index (χ4n) is 4.45. The lowest BCUT2D eigenvalue weighted by atomic mass is 9.86. The van der Waals surface area contributed by atoms with E-state index in [9.17, 15) is 19.5 Å². The standard InChI is InChI=1S/C28H30N2O10/c1-5-38-28(34)19-13-30-27(33)22(23(19)32)17(11-21(31)29-12-15-6-8-16(35-2)9-7-15)18-10-20(36-3)25-26(24(18)37-4)40-14-39-25/h6-10,13,17H,5,11-12,14H2,1-4H3,(H,29,31)(H2,30,32,33)/t17-/m1/s1. The number of methoxy groups -OCH3 is 3. The third-order valence-corrected chi connectivity index (χ3v) is 6.38. The summed E-state index contributed by atoms with van der Waals surface area (Å²) in [6.45, 7) is 1.77. The topological polar surface area (TPSA) is 155 Å². The van der Waals surface area contributed by atoms with Crippen LogP contribution in [0.4, 0.5) is 0 Å². The molecule has 0 aliphatic carbocycles. The van der Waals surface area contributed by atoms with Gasteiger partial charge in [-0.15, -0.1) is 0 Å². The van der Waals surface area contributed by atoms with Crippen molar-refractivity contribution in [3.63, 3.8) is 0 Å². The van der Waals surface area contributed by atoms with Crippen LogP contribution in [-0.2, 0) is 16.1 Å². The molecule has 3 aromatic rings. The first-order valence-electron chi connectivity index (χ1n) is 12.4. The molecule has 2 aromatic carbocycles. The van der Waals surface area contributed by atoms with E-state index in [4.69, 9.17) is 28.4 Å². The molecule has 1 atom stereocenters. The van der Waals surface area contributed by atoms with Gasteiger partial charge in [-0.1, -0.05) is 12.1 Å². The number of carbonyl (C=O) groups excluding carboxylic acids is 2. The van der Waals surface area contributed by atoms with E-state index in [1.165, 1.54) is 14.2 Å². The second kappa shape index (κ2) is 12.3. The molecule has 0 unspecified atom stereocenters. The Morgan fingerprint density at radius 1 is 1.07 bits per heavy atom. The molecule has 1 aliphatic rings. The Hall–Kier alpha value is -4.87. The number of aromatic hydroxyl groups is 1. The van der Waals surface area contributed by atoms with E-state index < -0.39 is 29.1 Å². The number of ether oxygens (including phenoxy) is 6. The first-order valence-corrected chi connectivity index (χ1v) is 12.4. The zero-order valence-electron chi connectivity index (χ0n) is 22.5. The molecule has 40 heavy (non-hydrogen) atoms. The van der Waals surface area contributed by atoms with Gasteiger partial charge in [0.1, 0.15) is 17.1 Å². The summed E-state index contributed by atoms with van der Waals surface area (Å²) in [6.07, 6.45) is 0.760. The van der Waals surface area contributed by atoms with Crippen molar-refractivity contribution in [1.29, 1.82) is 0 Å². The Morgan fingerprint density at radius 2 is 1.80 bits per heavy atom. The Labute approximate surface area is 229 Å². The van der Waals surface area contributed by atoms with Crippen LogP contribution in [0.2, 0.25) is 0 Å². The molecule has 12 nitrogen and oxygen atoms in total. The van der Waals surface area contributed by atoms with Crippen LogP contribution in [0.15, 0.2) is 41.3 Å². The number of aromatic nitrogens is 1. The molecule has 0 fully saturated rings. The number of H-pyrrole nitrogens is 1. The van der Waals surface area contributed by atoms with Crippen molar-refractivity contribution in [2.45, 2.75) is 25.8 Å². The van der Waals surface area contributed by atoms with Gasteiger partial charge in [-0.2, -0.15) is 0 Å². The number of esters is 1. The number of fused-ring (bicyclic) bond motifs is 1. The largest absolute Gasteiger partial charge is 0.506 e. The number of rotatable bonds is 11. The summed E-state index contributed by atoms with van der Waals surface area (Å²) in [5.74, 6) is -1.36. The number of benzene rings is 2. The number of amides is 1. The fraction of sp³-hybridized carbons (Fsp3) is 0.321. The minimum absolute atomic E-state index is 0.0527. The number of aromatic amines is 1. The maximum atomic E-state index is 13.3. The quantitative estimate of drug-likeness (QED) is 0.301. The highest BCUT2D eigenvalue weighted by Crippen LogP contribution is 2.53. The molecule has 0 spiro atoms. The highest BCUT2D eigenvalue weighted by molar-refractivity contribution is 5.92. The highest BCUT2D eigenvalue weighted by atomic mass is 16.7. The van der Waals surface area contributed by atoms with E-state index in [1.807, 2.05) is 12.1 Å². The Morgan fingerprint density at radius 3 is 2.45 bits per heavy atom. The lowest BCUT2D eigenvalue weighted by molar-refractivity contribution is -0.121. The lowest BCUT2D eigenvalue weighted by Gasteiger charge is -2.23. The summed E-state index contributed by atoms with van der Waals surface area (Å²) < 4.78 is 32.4. The molecule has 3 N–H and O–H groups in total. The van der Waals surface area contributed by atoms with E-state index in [1.54, 1.807) is 32.2 Å². The SMILES string of the molecule is CCOC(=O)c1c[nH]c(=O)c([C@H](CC(=O)NCc2ccc(OC)cc2)c2cc(OC)c3c(c2OC)OCO3)c1O. The van der Waals surface area contributed by atoms with Crippen LogP contribution in [0, 0.1) is 0 Å². The molecule has 0 bridgehead atoms. The van der Waals surface area contributed by atoms with Crippen molar-refractivity contribution in [2.24, 2.45) is 0 Å². The minimum atomic E-state index is -1.10. The van der Waals surface area contributed by atoms with Gasteiger partial charge < -0.3 is 43.8 Å². The molecule has 4 rings (SSSR count). The van der Waals surface area contributed by atoms with Gasteiger partial charge in [-0.05, 0) is 30.7 Å². The van der Waals surface area contributed by atoms with Gasteiger partial charge in [0.15, 0.2) is 11.5 Å². The zero-order valence-corrected chi connectivity index (χ0v) is 22.5. The monoisotopic (exact) mass is 554 g/mol. The first-order chi connectivity index (χ1) is 19.3. The van der Waals surface area contributed by atoms with Crippen molar-refractivity contribution in [3.8, 4) is 34.5 Å². The third-order valence-electron chi connectivity index (χ3n) is 6.38. The van der Waals surface area contributed by atoms with Gasteiger partial charge in [0.05, 0.1) is 33.5 Å². The second-order valence-corrected chi connectivity index (χ2v) is 8.66. The van der Waals surface area contributed by atoms with Crippen molar-refractivity contribution >= 4 is 11.9 Å². The molecule has 212 valence electrons. The normalized spacial score (nSPS) is 12.4. The van der Waals surface area contributed by atoms with Crippen LogP contribution in [0.5, 0.6) is 34.5 Å². The van der Waals surface area contributed by atoms with Crippen molar-refractivity contribution in [2.75, 3.05) is 34.7 Å². The average molecular weight is 555 g/mol. The van der Waals surface area contributed by atoms with Crippen molar-refractivity contribution < 1.29 is 43.1 Å². The van der Waals surface area contributed by atoms with E-state index >= 15 is 0 Å². The number of pyridine rings is 1. The molecule has 2 heterocycles. The number of hydrogen-bond acceptors (Lipinski definition) is 10. The average Bonchev–Trinajstić information content (AvgIpc) is 3.45. The highest BCUT2D eigenvalue weighted by Gasteiger charge is 2.35. The Kier molecular flexibility index (Phi) is 8.67. The molecular formula is C28H30N2O10. The van der Waals surface area contributed by atoms with Crippen LogP contribution in [-0.4, -0.2) is 56.7 Å². The maximum absolute atomic E-state index is 13.3. The molecule has 1 amide bonds. The molecular weight excluding hydrogens is 524 g/mol. The summed E-state index contributed by atoms with van der Waals surface area (Å²) >= 11 is 0. The van der Waals surface area contributed by atoms with Gasteiger partial charge in [0.25, 0.3) is 5.56 Å². The first kappa shape index (κ1) is 28.1. The van der Waals surface area contributed by atoms with E-state index in [-0.39, 0.29) is 54.7 Å². The number of carbonyl (C=O) groups is 2. The molecule has 0 saturated carbocycles. The van der Waals surface area contributed by atoms with Crippen LogP contribution in [0.3, 0.4) is 0 Å². The smallest absolute Gasteiger partial charge is 0.343 e. The van der Waals surface area contributed by atoms with Crippen LogP contribution < -0.4 is 34.6 Å². The van der Waals surface area contributed by atoms with Gasteiger partial charge >= 0.3 is 5.97 Å². The molecule has 0 saturated heterocycles. The second-order valence-electron chi connectivity index (χ2n) is 8.66. The molecule has 1 aromatic heterocycles. The summed E-state index contributed by atoms with van der Waals surface area (Å²) in [5, 5.41) is 14.0. The minimum Gasteiger partial charge on any atom is -0.506 e. The van der Waals surface area contributed by atoms with Gasteiger partial charge in [0, 0.05) is 30.6 Å². The summed E-state index contributed by atoms with van der Waals surface area (Å²) in [4.78, 5) is 41.4. The molecule has 1 aliphatic heterocycles. The van der Waals surface area contributed by atoms with Gasteiger partial charge in [0.2, 0.25) is 24.2 Å². The fourth-order valence-corrected chi connectivity index (χ4v) is 4.45. The predicted molar refractivity (Wildman–Crippen MR) is 142 cm³/mol. The third kappa shape index (κ3) is 5.60. The maximum Gasteiger partial charge on any atom is 0.343 e. The van der Waals surface area contributed by atoms with Gasteiger partial charge in [-0.3, -0.25) is 9.59 Å². The number of hydrogen-bond donors (Lipinski definition) is 3. The Bertz CT molecular complexity index is 1450. The predicted octanol–water partition coefficient (Wildman–Crippen LogP) is 2.85. The van der Waals surface area contributed by atoms with Gasteiger partial charge in [-0.25, -0.2) is 4.79 Å². The number of nitrogens with one attached hydrogen (secondary N) is 2. The van der Waals surface area contributed by atoms with Crippen molar-refractivity contribution in [1.82, 2.24) is 10.3 Å². The van der Waals surface area contributed by atoms with Crippen molar-refractivity contribution in [3.05, 3.63) is 69.1 Å². The lowest BCUT2D eigenvalue weighted by Crippen LogP contribution is -2.28. The van der Waals surface area contributed by atoms with Crippen LogP contribution in [0.25, 0.3) is 0 Å². The van der Waals surface area contributed by atoms with Crippen LogP contribution in [0.1, 0.15) is 46.3 Å². The summed E-state index contributed by atoms with van der Waals surface area (Å²) in [7, 11) is 4.38. The molecule has 0 radical (unpaired) electrons. The van der Waals surface area contributed by atoms with E-state index in [0.29, 0.717) is 17.1 Å². The molecule has 12 heteroatoms. The summed E-state index contributed by atoms with van der Waals surface area (Å²) in [5.41, 5.74) is -0.0867. The Balaban J connectivity index is 1.79. The zero-order chi connectivity index (χ0) is 28.8.